The quantitative estimate of drug-likeness (QED) is 0.522. The summed E-state index contributed by atoms with van der Waals surface area (Å²) in [6.07, 6.45) is 0. The van der Waals surface area contributed by atoms with Crippen LogP contribution in [0.4, 0.5) is 0 Å². The average molecular weight is 254 g/mol. The largest absolute Gasteiger partial charge is 0.346 e. The van der Waals surface area contributed by atoms with Gasteiger partial charge in [-0.25, -0.2) is 0 Å². The summed E-state index contributed by atoms with van der Waals surface area (Å²) in [6, 6.07) is -1.97. The van der Waals surface area contributed by atoms with Crippen molar-refractivity contribution in [2.45, 2.75) is 6.04 Å². The Morgan fingerprint density at radius 2 is 1.88 bits per heavy atom. The van der Waals surface area contributed by atoms with Gasteiger partial charge in [0.15, 0.2) is 0 Å². The molecular weight excluding hydrogens is 250 g/mol. The molecule has 0 heterocycles. The lowest BCUT2D eigenvalue weighted by molar-refractivity contribution is 1.69. The van der Waals surface area contributed by atoms with Crippen molar-refractivity contribution in [3.8, 4) is 0 Å². The standard InChI is InChI=1S/C3H4BrCl3Si/c1-3(4)2-8(5,6)7/h1-2H2. The Balaban J connectivity index is 3.55. The second-order valence-electron chi connectivity index (χ2n) is 1.31. The van der Waals surface area contributed by atoms with E-state index in [0.29, 0.717) is 6.04 Å². The molecule has 0 aromatic rings. The van der Waals surface area contributed by atoms with Crippen LogP contribution in [0.25, 0.3) is 0 Å². The topological polar surface area (TPSA) is 0 Å². The molecule has 0 aliphatic heterocycles. The first kappa shape index (κ1) is 9.31. The van der Waals surface area contributed by atoms with Crippen LogP contribution in [0, 0.1) is 0 Å². The molecule has 0 saturated heterocycles. The van der Waals surface area contributed by atoms with Crippen LogP contribution < -0.4 is 0 Å². The van der Waals surface area contributed by atoms with Gasteiger partial charge < -0.3 is 0 Å². The Morgan fingerprint density at radius 3 is 1.88 bits per heavy atom. The Morgan fingerprint density at radius 1 is 1.50 bits per heavy atom. The Labute approximate surface area is 72.1 Å². The van der Waals surface area contributed by atoms with Gasteiger partial charge in [-0.3, -0.25) is 0 Å². The first-order valence-corrected chi connectivity index (χ1v) is 7.85. The van der Waals surface area contributed by atoms with Crippen molar-refractivity contribution in [3.63, 3.8) is 0 Å². The van der Waals surface area contributed by atoms with Crippen LogP contribution in [0.3, 0.4) is 0 Å². The molecule has 0 aromatic heterocycles. The van der Waals surface area contributed by atoms with E-state index in [1.165, 1.54) is 0 Å². The van der Waals surface area contributed by atoms with Crippen LogP contribution in [-0.2, 0) is 0 Å². The first-order chi connectivity index (χ1) is 3.42. The van der Waals surface area contributed by atoms with Crippen molar-refractivity contribution in [1.29, 1.82) is 0 Å². The zero-order valence-electron chi connectivity index (χ0n) is 3.93. The van der Waals surface area contributed by atoms with E-state index in [1.54, 1.807) is 0 Å². The molecule has 0 aliphatic rings. The van der Waals surface area contributed by atoms with Crippen LogP contribution >= 0.6 is 49.2 Å². The van der Waals surface area contributed by atoms with Crippen LogP contribution in [0.1, 0.15) is 0 Å². The summed E-state index contributed by atoms with van der Waals surface area (Å²) in [5, 5.41) is 0. The van der Waals surface area contributed by atoms with Gasteiger partial charge in [-0.2, -0.15) is 0 Å². The fourth-order valence-corrected chi connectivity index (χ4v) is 4.82. The van der Waals surface area contributed by atoms with Crippen LogP contribution in [0.5, 0.6) is 0 Å². The molecule has 0 rings (SSSR count). The molecule has 5 heteroatoms. The summed E-state index contributed by atoms with van der Waals surface area (Å²) in [5.74, 6) is 0. The molecule has 0 nitrogen and oxygen atoms in total. The molecule has 0 spiro atoms. The second-order valence-corrected chi connectivity index (χ2v) is 11.6. The van der Waals surface area contributed by atoms with Gasteiger partial charge in [-0.1, -0.05) is 22.5 Å². The highest BCUT2D eigenvalue weighted by Gasteiger charge is 2.24. The minimum absolute atomic E-state index is 0.484. The van der Waals surface area contributed by atoms with Gasteiger partial charge in [0.1, 0.15) is 0 Å². The molecule has 0 unspecified atom stereocenters. The highest BCUT2D eigenvalue weighted by molar-refractivity contribution is 9.11. The lowest BCUT2D eigenvalue weighted by Gasteiger charge is -2.03. The smallest absolute Gasteiger partial charge is 0.126 e. The van der Waals surface area contributed by atoms with Crippen molar-refractivity contribution in [2.24, 2.45) is 0 Å². The van der Waals surface area contributed by atoms with Crippen LogP contribution in [0.2, 0.25) is 6.04 Å². The Kier molecular flexibility index (Phi) is 4.04. The van der Waals surface area contributed by atoms with E-state index in [2.05, 4.69) is 22.5 Å². The van der Waals surface area contributed by atoms with Crippen LogP contribution in [-0.4, -0.2) is 6.00 Å². The monoisotopic (exact) mass is 252 g/mol. The van der Waals surface area contributed by atoms with Gasteiger partial charge in [-0.05, 0) is 4.48 Å². The molecule has 0 atom stereocenters. The van der Waals surface area contributed by atoms with E-state index in [-0.39, 0.29) is 0 Å². The highest BCUT2D eigenvalue weighted by Crippen LogP contribution is 2.30. The van der Waals surface area contributed by atoms with Gasteiger partial charge in [0.05, 0.1) is 0 Å². The van der Waals surface area contributed by atoms with E-state index in [0.717, 1.165) is 4.48 Å². The lowest BCUT2D eigenvalue weighted by atomic mass is 10.8. The molecular formula is C3H4BrCl3Si. The van der Waals surface area contributed by atoms with Crippen molar-refractivity contribution in [1.82, 2.24) is 0 Å². The number of hydrogen-bond donors (Lipinski definition) is 0. The summed E-state index contributed by atoms with van der Waals surface area (Å²) in [5.41, 5.74) is 0. The number of hydrogen-bond acceptors (Lipinski definition) is 0. The zero-order valence-corrected chi connectivity index (χ0v) is 8.78. The molecule has 0 fully saturated rings. The fraction of sp³-hybridized carbons (Fsp3) is 0.333. The zero-order chi connectivity index (χ0) is 6.78. The summed E-state index contributed by atoms with van der Waals surface area (Å²) >= 11 is 19.6. The molecule has 0 amide bonds. The SMILES string of the molecule is C=C(Br)C[Si](Cl)(Cl)Cl. The third-order valence-corrected chi connectivity index (χ3v) is 3.22. The van der Waals surface area contributed by atoms with Gasteiger partial charge in [0.2, 0.25) is 0 Å². The Hall–Kier alpha value is 1.31. The van der Waals surface area contributed by atoms with Crippen molar-refractivity contribution in [3.05, 3.63) is 11.1 Å². The Bertz CT molecular complexity index is 97.2. The average Bonchev–Trinajstić information content (AvgIpc) is 1.21. The highest BCUT2D eigenvalue weighted by atomic mass is 79.9. The minimum Gasteiger partial charge on any atom is -0.126 e. The minimum atomic E-state index is -2.45. The van der Waals surface area contributed by atoms with Gasteiger partial charge >= 0.3 is 6.00 Å². The number of halogens is 4. The predicted molar refractivity (Wildman–Crippen MR) is 46.2 cm³/mol. The summed E-state index contributed by atoms with van der Waals surface area (Å²) in [7, 11) is 0. The molecule has 0 N–H and O–H groups in total. The van der Waals surface area contributed by atoms with E-state index in [4.69, 9.17) is 33.2 Å². The molecule has 0 aliphatic carbocycles. The van der Waals surface area contributed by atoms with Gasteiger partial charge in [0, 0.05) is 6.04 Å². The maximum atomic E-state index is 5.51. The summed E-state index contributed by atoms with van der Waals surface area (Å²) in [4.78, 5) is 0. The third-order valence-electron chi connectivity index (χ3n) is 0.392. The molecule has 48 valence electrons. The number of rotatable bonds is 2. The van der Waals surface area contributed by atoms with E-state index in [1.807, 2.05) is 0 Å². The maximum absolute atomic E-state index is 5.51. The van der Waals surface area contributed by atoms with Gasteiger partial charge in [-0.15, -0.1) is 33.2 Å². The van der Waals surface area contributed by atoms with E-state index < -0.39 is 6.00 Å². The van der Waals surface area contributed by atoms with Crippen molar-refractivity contribution < 1.29 is 0 Å². The van der Waals surface area contributed by atoms with Gasteiger partial charge in [0.25, 0.3) is 0 Å². The summed E-state index contributed by atoms with van der Waals surface area (Å²) in [6.45, 7) is 3.54. The molecule has 0 bridgehead atoms. The molecule has 0 radical (unpaired) electrons. The lowest BCUT2D eigenvalue weighted by Crippen LogP contribution is -2.06. The second kappa shape index (κ2) is 3.47. The van der Waals surface area contributed by atoms with Crippen LogP contribution in [0.15, 0.2) is 11.1 Å². The maximum Gasteiger partial charge on any atom is 0.346 e. The molecule has 0 aromatic carbocycles. The fourth-order valence-electron chi connectivity index (χ4n) is 0.217. The first-order valence-electron chi connectivity index (χ1n) is 1.82. The third kappa shape index (κ3) is 7.31. The molecule has 8 heavy (non-hydrogen) atoms. The van der Waals surface area contributed by atoms with E-state index >= 15 is 0 Å². The van der Waals surface area contributed by atoms with Crippen molar-refractivity contribution in [2.75, 3.05) is 0 Å². The van der Waals surface area contributed by atoms with E-state index in [9.17, 15) is 0 Å². The molecule has 0 saturated carbocycles. The number of allylic oxidation sites excluding steroid dienone is 1. The van der Waals surface area contributed by atoms with Crippen molar-refractivity contribution >= 4 is 55.2 Å². The normalized spacial score (nSPS) is 11.5. The predicted octanol–water partition coefficient (Wildman–Crippen LogP) is 3.55. The summed E-state index contributed by atoms with van der Waals surface area (Å²) < 4.78 is 0.754.